The minimum Gasteiger partial charge on any atom is -0.383 e. The molecular formula is C19H21ClN2O4S. The highest BCUT2D eigenvalue weighted by Gasteiger charge is 2.25. The number of nitrogens with zero attached hydrogens (tertiary/aromatic N) is 1. The van der Waals surface area contributed by atoms with Crippen molar-refractivity contribution in [3.63, 3.8) is 0 Å². The molecule has 0 spiro atoms. The summed E-state index contributed by atoms with van der Waals surface area (Å²) < 4.78 is 32.2. The number of methoxy groups -OCH3 is 1. The second-order valence-corrected chi connectivity index (χ2v) is 8.45. The Bertz CT molecular complexity index is 929. The van der Waals surface area contributed by atoms with Gasteiger partial charge in [-0.15, -0.1) is 0 Å². The third kappa shape index (κ3) is 4.50. The fourth-order valence-electron chi connectivity index (χ4n) is 3.06. The van der Waals surface area contributed by atoms with Gasteiger partial charge in [0.05, 0.1) is 11.5 Å². The number of amides is 1. The number of rotatable bonds is 6. The van der Waals surface area contributed by atoms with Gasteiger partial charge in [0, 0.05) is 36.5 Å². The highest BCUT2D eigenvalue weighted by Crippen LogP contribution is 2.30. The summed E-state index contributed by atoms with van der Waals surface area (Å²) in [6.07, 6.45) is 1.49. The Morgan fingerprint density at radius 3 is 2.67 bits per heavy atom. The van der Waals surface area contributed by atoms with Crippen LogP contribution in [0.25, 0.3) is 0 Å². The SMILES string of the molecule is COCCNS(=O)(=O)c1ccc2c(c1)CCCN2C(=O)c1ccc(Cl)cc1. The molecular weight excluding hydrogens is 388 g/mol. The van der Waals surface area contributed by atoms with Crippen molar-refractivity contribution in [1.82, 2.24) is 4.72 Å². The summed E-state index contributed by atoms with van der Waals surface area (Å²) in [5.41, 5.74) is 2.14. The van der Waals surface area contributed by atoms with E-state index < -0.39 is 10.0 Å². The van der Waals surface area contributed by atoms with Crippen LogP contribution in [-0.4, -0.2) is 41.1 Å². The van der Waals surface area contributed by atoms with Gasteiger partial charge in [0.15, 0.2) is 0 Å². The smallest absolute Gasteiger partial charge is 0.258 e. The first-order valence-corrected chi connectivity index (χ1v) is 10.5. The Hall–Kier alpha value is -1.93. The fourth-order valence-corrected chi connectivity index (χ4v) is 4.25. The van der Waals surface area contributed by atoms with Gasteiger partial charge in [0.1, 0.15) is 0 Å². The highest BCUT2D eigenvalue weighted by molar-refractivity contribution is 7.89. The zero-order chi connectivity index (χ0) is 19.4. The molecule has 1 N–H and O–H groups in total. The van der Waals surface area contributed by atoms with Crippen LogP contribution in [0.2, 0.25) is 5.02 Å². The number of hydrogen-bond acceptors (Lipinski definition) is 4. The number of hydrogen-bond donors (Lipinski definition) is 1. The lowest BCUT2D eigenvalue weighted by Gasteiger charge is -2.30. The monoisotopic (exact) mass is 408 g/mol. The van der Waals surface area contributed by atoms with Crippen molar-refractivity contribution in [2.75, 3.05) is 31.7 Å². The molecule has 2 aromatic rings. The van der Waals surface area contributed by atoms with E-state index in [2.05, 4.69) is 4.72 Å². The van der Waals surface area contributed by atoms with Crippen LogP contribution in [0.4, 0.5) is 5.69 Å². The summed E-state index contributed by atoms with van der Waals surface area (Å²) in [5, 5.41) is 0.571. The predicted octanol–water partition coefficient (Wildman–Crippen LogP) is 2.86. The lowest BCUT2D eigenvalue weighted by molar-refractivity contribution is 0.0985. The van der Waals surface area contributed by atoms with Crippen molar-refractivity contribution in [3.05, 3.63) is 58.6 Å². The number of ether oxygens (including phenoxy) is 1. The zero-order valence-electron chi connectivity index (χ0n) is 14.9. The summed E-state index contributed by atoms with van der Waals surface area (Å²) in [5.74, 6) is -0.124. The van der Waals surface area contributed by atoms with E-state index in [-0.39, 0.29) is 17.3 Å². The first-order chi connectivity index (χ1) is 12.9. The predicted molar refractivity (Wildman–Crippen MR) is 105 cm³/mol. The van der Waals surface area contributed by atoms with Crippen LogP contribution in [0.3, 0.4) is 0 Å². The zero-order valence-corrected chi connectivity index (χ0v) is 16.5. The Labute approximate surface area is 164 Å². The molecule has 0 fully saturated rings. The maximum absolute atomic E-state index is 12.9. The summed E-state index contributed by atoms with van der Waals surface area (Å²) >= 11 is 5.89. The molecule has 1 heterocycles. The molecule has 0 saturated carbocycles. The second kappa shape index (κ2) is 8.39. The number of halogens is 1. The average molecular weight is 409 g/mol. The van der Waals surface area contributed by atoms with Crippen LogP contribution in [-0.2, 0) is 21.2 Å². The molecule has 8 heteroatoms. The lowest BCUT2D eigenvalue weighted by atomic mass is 10.0. The third-order valence-electron chi connectivity index (χ3n) is 4.41. The van der Waals surface area contributed by atoms with Gasteiger partial charge in [0.25, 0.3) is 5.91 Å². The maximum Gasteiger partial charge on any atom is 0.258 e. The second-order valence-electron chi connectivity index (χ2n) is 6.25. The standard InChI is InChI=1S/C19H21ClN2O4S/c1-26-12-10-21-27(24,25)17-8-9-18-15(13-17)3-2-11-22(18)19(23)14-4-6-16(20)7-5-14/h4-9,13,21H,2-3,10-12H2,1H3. The van der Waals surface area contributed by atoms with Crippen molar-refractivity contribution >= 4 is 33.2 Å². The molecule has 0 saturated heterocycles. The van der Waals surface area contributed by atoms with Crippen molar-refractivity contribution in [2.45, 2.75) is 17.7 Å². The summed E-state index contributed by atoms with van der Waals surface area (Å²) in [4.78, 5) is 14.8. The van der Waals surface area contributed by atoms with E-state index in [4.69, 9.17) is 16.3 Å². The molecule has 3 rings (SSSR count). The molecule has 0 aliphatic carbocycles. The summed E-state index contributed by atoms with van der Waals surface area (Å²) in [6, 6.07) is 11.6. The molecule has 2 aromatic carbocycles. The largest absolute Gasteiger partial charge is 0.383 e. The van der Waals surface area contributed by atoms with Gasteiger partial charge in [0.2, 0.25) is 10.0 Å². The fraction of sp³-hybridized carbons (Fsp3) is 0.316. The molecule has 144 valence electrons. The van der Waals surface area contributed by atoms with Gasteiger partial charge < -0.3 is 9.64 Å². The molecule has 0 unspecified atom stereocenters. The molecule has 0 radical (unpaired) electrons. The molecule has 1 amide bonds. The number of carbonyl (C=O) groups excluding carboxylic acids is 1. The third-order valence-corrected chi connectivity index (χ3v) is 6.13. The van der Waals surface area contributed by atoms with Crippen LogP contribution in [0, 0.1) is 0 Å². The summed E-state index contributed by atoms with van der Waals surface area (Å²) in [7, 11) is -2.10. The van der Waals surface area contributed by atoms with Gasteiger partial charge in [-0.2, -0.15) is 0 Å². The Morgan fingerprint density at radius 1 is 1.22 bits per heavy atom. The Kier molecular flexibility index (Phi) is 6.16. The van der Waals surface area contributed by atoms with Gasteiger partial charge in [-0.3, -0.25) is 4.79 Å². The molecule has 0 bridgehead atoms. The normalized spacial score (nSPS) is 14.1. The number of nitrogens with one attached hydrogen (secondary N) is 1. The number of aryl methyl sites for hydroxylation is 1. The van der Waals surface area contributed by atoms with Crippen molar-refractivity contribution in [2.24, 2.45) is 0 Å². The van der Waals surface area contributed by atoms with E-state index in [1.165, 1.54) is 13.2 Å². The van der Waals surface area contributed by atoms with E-state index in [9.17, 15) is 13.2 Å². The summed E-state index contributed by atoms with van der Waals surface area (Å²) in [6.45, 7) is 1.09. The first kappa shape index (κ1) is 19.8. The highest BCUT2D eigenvalue weighted by atomic mass is 35.5. The number of benzene rings is 2. The van der Waals surface area contributed by atoms with Crippen molar-refractivity contribution in [3.8, 4) is 0 Å². The van der Waals surface area contributed by atoms with Crippen LogP contribution >= 0.6 is 11.6 Å². The molecule has 6 nitrogen and oxygen atoms in total. The van der Waals surface area contributed by atoms with Gasteiger partial charge in [-0.25, -0.2) is 13.1 Å². The van der Waals surface area contributed by atoms with Gasteiger partial charge >= 0.3 is 0 Å². The van der Waals surface area contributed by atoms with Crippen molar-refractivity contribution < 1.29 is 17.9 Å². The average Bonchev–Trinajstić information content (AvgIpc) is 2.67. The molecule has 27 heavy (non-hydrogen) atoms. The van der Waals surface area contributed by atoms with Gasteiger partial charge in [-0.05, 0) is 60.9 Å². The Balaban J connectivity index is 1.86. The maximum atomic E-state index is 12.9. The Morgan fingerprint density at radius 2 is 1.96 bits per heavy atom. The van der Waals surface area contributed by atoms with E-state index >= 15 is 0 Å². The van der Waals surface area contributed by atoms with E-state index in [0.29, 0.717) is 23.7 Å². The van der Waals surface area contributed by atoms with Crippen molar-refractivity contribution in [1.29, 1.82) is 0 Å². The number of anilines is 1. The topological polar surface area (TPSA) is 75.7 Å². The number of fused-ring (bicyclic) bond motifs is 1. The van der Waals surface area contributed by atoms with Crippen LogP contribution < -0.4 is 9.62 Å². The quantitative estimate of drug-likeness (QED) is 0.746. The van der Waals surface area contributed by atoms with E-state index in [1.54, 1.807) is 41.3 Å². The van der Waals surface area contributed by atoms with E-state index in [1.807, 2.05) is 0 Å². The molecule has 0 aromatic heterocycles. The lowest BCUT2D eigenvalue weighted by Crippen LogP contribution is -2.35. The molecule has 1 aliphatic rings. The van der Waals surface area contributed by atoms with Crippen LogP contribution in [0.5, 0.6) is 0 Å². The van der Waals surface area contributed by atoms with Gasteiger partial charge in [-0.1, -0.05) is 11.6 Å². The van der Waals surface area contributed by atoms with Crippen LogP contribution in [0.15, 0.2) is 47.4 Å². The molecule has 1 aliphatic heterocycles. The first-order valence-electron chi connectivity index (χ1n) is 8.61. The minimum absolute atomic E-state index is 0.124. The minimum atomic E-state index is -3.61. The number of carbonyl (C=O) groups is 1. The van der Waals surface area contributed by atoms with Crippen LogP contribution in [0.1, 0.15) is 22.3 Å². The number of sulfonamides is 1. The molecule has 0 atom stereocenters. The van der Waals surface area contributed by atoms with E-state index in [0.717, 1.165) is 24.1 Å².